The maximum atomic E-state index is 13.0. The number of ether oxygens (including phenoxy) is 1. The fourth-order valence-corrected chi connectivity index (χ4v) is 2.89. The topological polar surface area (TPSA) is 49.9 Å². The monoisotopic (exact) mass is 350 g/mol. The van der Waals surface area contributed by atoms with Crippen molar-refractivity contribution in [3.8, 4) is 0 Å². The van der Waals surface area contributed by atoms with Crippen molar-refractivity contribution in [2.45, 2.75) is 45.8 Å². The fourth-order valence-electron chi connectivity index (χ4n) is 2.89. The number of rotatable bonds is 3. The molecule has 0 aliphatic carbocycles. The number of hydrogen-bond donors (Lipinski definition) is 0. The van der Waals surface area contributed by atoms with Gasteiger partial charge in [0.15, 0.2) is 0 Å². The number of carbonyl (C=O) groups is 2. The molecule has 1 aromatic carbocycles. The first kappa shape index (κ1) is 19.2. The Balaban J connectivity index is 1.84. The smallest absolute Gasteiger partial charge is 0.410 e. The summed E-state index contributed by atoms with van der Waals surface area (Å²) < 4.78 is 18.3. The minimum absolute atomic E-state index is 0.0631. The largest absolute Gasteiger partial charge is 0.444 e. The Kier molecular flexibility index (Phi) is 6.03. The minimum atomic E-state index is -0.515. The van der Waals surface area contributed by atoms with Gasteiger partial charge < -0.3 is 14.5 Å². The van der Waals surface area contributed by atoms with Gasteiger partial charge in [-0.15, -0.1) is 0 Å². The zero-order chi connectivity index (χ0) is 18.6. The van der Waals surface area contributed by atoms with Crippen LogP contribution in [0.15, 0.2) is 24.3 Å². The summed E-state index contributed by atoms with van der Waals surface area (Å²) in [7, 11) is 1.76. The fraction of sp³-hybridized carbons (Fsp3) is 0.579. The van der Waals surface area contributed by atoms with Crippen LogP contribution < -0.4 is 0 Å². The summed E-state index contributed by atoms with van der Waals surface area (Å²) in [5, 5.41) is 0. The number of piperidine rings is 1. The van der Waals surface area contributed by atoms with Crippen LogP contribution in [0.5, 0.6) is 0 Å². The van der Waals surface area contributed by atoms with E-state index >= 15 is 0 Å². The Morgan fingerprint density at radius 1 is 1.20 bits per heavy atom. The van der Waals surface area contributed by atoms with E-state index in [4.69, 9.17) is 4.74 Å². The molecule has 0 unspecified atom stereocenters. The van der Waals surface area contributed by atoms with E-state index in [1.807, 2.05) is 20.8 Å². The first-order valence-electron chi connectivity index (χ1n) is 8.63. The standard InChI is InChI=1S/C19H27FN2O3/c1-19(2,3)25-18(24)22-11-9-15(10-12-22)17(23)21(4)13-14-5-7-16(20)8-6-14/h5-8,15H,9-13H2,1-4H3. The van der Waals surface area contributed by atoms with Crippen molar-refractivity contribution >= 4 is 12.0 Å². The lowest BCUT2D eigenvalue weighted by atomic mass is 9.95. The molecule has 0 bridgehead atoms. The Morgan fingerprint density at radius 3 is 2.28 bits per heavy atom. The normalized spacial score (nSPS) is 15.8. The first-order chi connectivity index (χ1) is 11.7. The van der Waals surface area contributed by atoms with Crippen LogP contribution in [0.4, 0.5) is 9.18 Å². The third-order valence-corrected chi connectivity index (χ3v) is 4.21. The molecule has 1 saturated heterocycles. The summed E-state index contributed by atoms with van der Waals surface area (Å²) in [4.78, 5) is 28.0. The zero-order valence-electron chi connectivity index (χ0n) is 15.4. The summed E-state index contributed by atoms with van der Waals surface area (Å²) in [6, 6.07) is 6.16. The molecule has 0 N–H and O–H groups in total. The predicted molar refractivity (Wildman–Crippen MR) is 93.4 cm³/mol. The highest BCUT2D eigenvalue weighted by molar-refractivity contribution is 5.79. The van der Waals surface area contributed by atoms with Gasteiger partial charge in [-0.1, -0.05) is 12.1 Å². The number of benzene rings is 1. The number of likely N-dealkylation sites (tertiary alicyclic amines) is 1. The molecule has 1 heterocycles. The highest BCUT2D eigenvalue weighted by atomic mass is 19.1. The maximum absolute atomic E-state index is 13.0. The number of halogens is 1. The summed E-state index contributed by atoms with van der Waals surface area (Å²) >= 11 is 0. The van der Waals surface area contributed by atoms with Gasteiger partial charge in [0.05, 0.1) is 0 Å². The number of carbonyl (C=O) groups excluding carboxylic acids is 2. The van der Waals surface area contributed by atoms with Gasteiger partial charge in [-0.05, 0) is 51.3 Å². The Bertz CT molecular complexity index is 602. The molecule has 0 atom stereocenters. The molecule has 1 aliphatic heterocycles. The van der Waals surface area contributed by atoms with Gasteiger partial charge in [0, 0.05) is 32.6 Å². The van der Waals surface area contributed by atoms with Crippen molar-refractivity contribution in [2.24, 2.45) is 5.92 Å². The lowest BCUT2D eigenvalue weighted by molar-refractivity contribution is -0.136. The van der Waals surface area contributed by atoms with Gasteiger partial charge >= 0.3 is 6.09 Å². The zero-order valence-corrected chi connectivity index (χ0v) is 15.4. The summed E-state index contributed by atoms with van der Waals surface area (Å²) in [5.74, 6) is -0.315. The molecule has 2 rings (SSSR count). The highest BCUT2D eigenvalue weighted by Crippen LogP contribution is 2.22. The van der Waals surface area contributed by atoms with Crippen LogP contribution in [-0.4, -0.2) is 47.5 Å². The van der Waals surface area contributed by atoms with E-state index < -0.39 is 5.60 Å². The molecule has 138 valence electrons. The van der Waals surface area contributed by atoms with E-state index in [9.17, 15) is 14.0 Å². The summed E-state index contributed by atoms with van der Waals surface area (Å²) in [5.41, 5.74) is 0.377. The minimum Gasteiger partial charge on any atom is -0.444 e. The van der Waals surface area contributed by atoms with Crippen molar-refractivity contribution < 1.29 is 18.7 Å². The van der Waals surface area contributed by atoms with E-state index in [0.717, 1.165) is 5.56 Å². The van der Waals surface area contributed by atoms with E-state index in [2.05, 4.69) is 0 Å². The lowest BCUT2D eigenvalue weighted by Gasteiger charge is -2.34. The molecule has 0 spiro atoms. The third kappa shape index (κ3) is 5.73. The van der Waals surface area contributed by atoms with Crippen LogP contribution in [0.2, 0.25) is 0 Å². The Morgan fingerprint density at radius 2 is 1.76 bits per heavy atom. The Labute approximate surface area is 148 Å². The van der Waals surface area contributed by atoms with Gasteiger partial charge in [-0.3, -0.25) is 4.79 Å². The molecular formula is C19H27FN2O3. The number of amides is 2. The number of hydrogen-bond acceptors (Lipinski definition) is 3. The van der Waals surface area contributed by atoms with E-state index in [-0.39, 0.29) is 23.7 Å². The van der Waals surface area contributed by atoms with Gasteiger partial charge in [-0.25, -0.2) is 9.18 Å². The van der Waals surface area contributed by atoms with Gasteiger partial charge in [-0.2, -0.15) is 0 Å². The molecule has 1 fully saturated rings. The van der Waals surface area contributed by atoms with Crippen LogP contribution in [0.3, 0.4) is 0 Å². The average Bonchev–Trinajstić information content (AvgIpc) is 2.55. The second-order valence-corrected chi connectivity index (χ2v) is 7.56. The molecule has 0 saturated carbocycles. The summed E-state index contributed by atoms with van der Waals surface area (Å²) in [6.45, 7) is 7.01. The van der Waals surface area contributed by atoms with E-state index in [1.54, 1.807) is 29.0 Å². The second-order valence-electron chi connectivity index (χ2n) is 7.56. The van der Waals surface area contributed by atoms with Gasteiger partial charge in [0.1, 0.15) is 11.4 Å². The molecule has 0 radical (unpaired) electrons. The van der Waals surface area contributed by atoms with Crippen molar-refractivity contribution in [3.63, 3.8) is 0 Å². The van der Waals surface area contributed by atoms with E-state index in [0.29, 0.717) is 32.5 Å². The van der Waals surface area contributed by atoms with Crippen LogP contribution in [0.25, 0.3) is 0 Å². The average molecular weight is 350 g/mol. The van der Waals surface area contributed by atoms with Crippen molar-refractivity contribution in [1.29, 1.82) is 0 Å². The predicted octanol–water partition coefficient (Wildman–Crippen LogP) is 3.43. The molecule has 6 heteroatoms. The lowest BCUT2D eigenvalue weighted by Crippen LogP contribution is -2.45. The molecule has 5 nitrogen and oxygen atoms in total. The molecule has 1 aromatic rings. The van der Waals surface area contributed by atoms with E-state index in [1.165, 1.54) is 12.1 Å². The molecule has 0 aromatic heterocycles. The second kappa shape index (κ2) is 7.85. The first-order valence-corrected chi connectivity index (χ1v) is 8.63. The highest BCUT2D eigenvalue weighted by Gasteiger charge is 2.31. The van der Waals surface area contributed by atoms with Crippen LogP contribution in [-0.2, 0) is 16.1 Å². The van der Waals surface area contributed by atoms with Crippen LogP contribution in [0.1, 0.15) is 39.2 Å². The number of nitrogens with zero attached hydrogens (tertiary/aromatic N) is 2. The Hall–Kier alpha value is -2.11. The third-order valence-electron chi connectivity index (χ3n) is 4.21. The van der Waals surface area contributed by atoms with Crippen LogP contribution >= 0.6 is 0 Å². The van der Waals surface area contributed by atoms with Crippen molar-refractivity contribution in [2.75, 3.05) is 20.1 Å². The molecule has 25 heavy (non-hydrogen) atoms. The SMILES string of the molecule is CN(Cc1ccc(F)cc1)C(=O)C1CCN(C(=O)OC(C)(C)C)CC1. The van der Waals surface area contributed by atoms with Gasteiger partial charge in [0.25, 0.3) is 0 Å². The van der Waals surface area contributed by atoms with Crippen molar-refractivity contribution in [1.82, 2.24) is 9.80 Å². The van der Waals surface area contributed by atoms with Crippen molar-refractivity contribution in [3.05, 3.63) is 35.6 Å². The maximum Gasteiger partial charge on any atom is 0.410 e. The van der Waals surface area contributed by atoms with Crippen LogP contribution in [0, 0.1) is 11.7 Å². The molecule has 2 amide bonds. The summed E-state index contributed by atoms with van der Waals surface area (Å²) in [6.07, 6.45) is 0.940. The molecular weight excluding hydrogens is 323 g/mol. The molecule has 1 aliphatic rings. The quantitative estimate of drug-likeness (QED) is 0.839. The van der Waals surface area contributed by atoms with Gasteiger partial charge in [0.2, 0.25) is 5.91 Å².